The fourth-order valence-electron chi connectivity index (χ4n) is 3.45. The van der Waals surface area contributed by atoms with Gasteiger partial charge in [0.1, 0.15) is 0 Å². The summed E-state index contributed by atoms with van der Waals surface area (Å²) in [6.45, 7) is 4.00. The molecule has 3 aromatic rings. The summed E-state index contributed by atoms with van der Waals surface area (Å²) in [5.41, 5.74) is 2.90. The van der Waals surface area contributed by atoms with E-state index in [0.29, 0.717) is 23.0 Å². The maximum Gasteiger partial charge on any atom is 0.262 e. The summed E-state index contributed by atoms with van der Waals surface area (Å²) in [6, 6.07) is 9.96. The lowest BCUT2D eigenvalue weighted by Gasteiger charge is -2.23. The zero-order valence-corrected chi connectivity index (χ0v) is 14.9. The maximum absolute atomic E-state index is 13.0. The van der Waals surface area contributed by atoms with Crippen molar-refractivity contribution in [2.45, 2.75) is 32.4 Å². The van der Waals surface area contributed by atoms with E-state index in [-0.39, 0.29) is 5.56 Å². The summed E-state index contributed by atoms with van der Waals surface area (Å²) in [7, 11) is 0. The first-order valence-electron chi connectivity index (χ1n) is 8.53. The van der Waals surface area contributed by atoms with Gasteiger partial charge in [-0.05, 0) is 43.5 Å². The van der Waals surface area contributed by atoms with Crippen LogP contribution in [0.1, 0.15) is 30.1 Å². The van der Waals surface area contributed by atoms with Crippen LogP contribution in [0.2, 0.25) is 5.02 Å². The Hall–Kier alpha value is -2.11. The van der Waals surface area contributed by atoms with Gasteiger partial charge in [0.05, 0.1) is 29.7 Å². The van der Waals surface area contributed by atoms with E-state index in [2.05, 4.69) is 11.2 Å². The van der Waals surface area contributed by atoms with Gasteiger partial charge < -0.3 is 9.30 Å². The van der Waals surface area contributed by atoms with Crippen LogP contribution in [-0.4, -0.2) is 27.6 Å². The summed E-state index contributed by atoms with van der Waals surface area (Å²) in [5, 5.41) is 5.88. The van der Waals surface area contributed by atoms with Crippen molar-refractivity contribution >= 4 is 22.5 Å². The molecule has 1 aliphatic rings. The number of nitrogens with zero attached hydrogens (tertiary/aromatic N) is 3. The normalized spacial score (nSPS) is 15.8. The van der Waals surface area contributed by atoms with E-state index >= 15 is 0 Å². The number of hydrogen-bond donors (Lipinski definition) is 0. The van der Waals surface area contributed by atoms with Gasteiger partial charge in [-0.15, -0.1) is 0 Å². The van der Waals surface area contributed by atoms with Gasteiger partial charge in [-0.3, -0.25) is 9.48 Å². The average Bonchev–Trinajstić information content (AvgIpc) is 3.05. The van der Waals surface area contributed by atoms with Crippen LogP contribution in [0.25, 0.3) is 10.9 Å². The quantitative estimate of drug-likeness (QED) is 0.720. The van der Waals surface area contributed by atoms with Crippen LogP contribution in [0, 0.1) is 6.92 Å². The summed E-state index contributed by atoms with van der Waals surface area (Å²) in [4.78, 5) is 13.0. The molecule has 0 saturated carbocycles. The second-order valence-corrected chi connectivity index (χ2v) is 6.97. The van der Waals surface area contributed by atoms with Crippen LogP contribution >= 0.6 is 11.6 Å². The number of benzene rings is 1. The first-order chi connectivity index (χ1) is 12.1. The topological polar surface area (TPSA) is 49.1 Å². The highest BCUT2D eigenvalue weighted by atomic mass is 35.5. The predicted molar refractivity (Wildman–Crippen MR) is 98.4 cm³/mol. The number of fused-ring (bicyclic) bond motifs is 1. The first kappa shape index (κ1) is 16.4. The third kappa shape index (κ3) is 3.10. The van der Waals surface area contributed by atoms with Crippen LogP contribution in [-0.2, 0) is 11.3 Å². The van der Waals surface area contributed by atoms with Crippen LogP contribution in [0.4, 0.5) is 0 Å². The second kappa shape index (κ2) is 6.65. The van der Waals surface area contributed by atoms with Crippen molar-refractivity contribution in [2.75, 3.05) is 13.2 Å². The van der Waals surface area contributed by atoms with Gasteiger partial charge in [0.25, 0.3) is 5.56 Å². The number of pyridine rings is 1. The Labute approximate surface area is 150 Å². The number of rotatable bonds is 3. The molecule has 0 N–H and O–H groups in total. The number of hydrogen-bond acceptors (Lipinski definition) is 3. The molecule has 0 atom stereocenters. The van der Waals surface area contributed by atoms with E-state index in [4.69, 9.17) is 16.3 Å². The monoisotopic (exact) mass is 357 g/mol. The lowest BCUT2D eigenvalue weighted by atomic mass is 10.1. The molecule has 0 spiro atoms. The molecule has 1 aromatic carbocycles. The molecule has 2 aromatic heterocycles. The lowest BCUT2D eigenvalue weighted by Crippen LogP contribution is -2.24. The van der Waals surface area contributed by atoms with Crippen molar-refractivity contribution in [2.24, 2.45) is 0 Å². The third-order valence-electron chi connectivity index (χ3n) is 4.87. The van der Waals surface area contributed by atoms with E-state index < -0.39 is 0 Å². The Bertz CT molecular complexity index is 953. The van der Waals surface area contributed by atoms with E-state index in [9.17, 15) is 4.79 Å². The average molecular weight is 358 g/mol. The first-order valence-corrected chi connectivity index (χ1v) is 8.91. The lowest BCUT2D eigenvalue weighted by molar-refractivity contribution is 0.0675. The molecule has 0 unspecified atom stereocenters. The fraction of sp³-hybridized carbons (Fsp3) is 0.368. The summed E-state index contributed by atoms with van der Waals surface area (Å²) in [6.07, 6.45) is 3.57. The number of ether oxygens (including phenoxy) is 1. The van der Waals surface area contributed by atoms with Crippen molar-refractivity contribution in [1.29, 1.82) is 0 Å². The van der Waals surface area contributed by atoms with Crippen molar-refractivity contribution in [1.82, 2.24) is 14.3 Å². The number of aryl methyl sites for hydroxylation is 1. The van der Waals surface area contributed by atoms with Gasteiger partial charge in [-0.25, -0.2) is 0 Å². The molecule has 0 amide bonds. The summed E-state index contributed by atoms with van der Waals surface area (Å²) in [5.74, 6) is 0. The molecule has 1 aliphatic heterocycles. The minimum absolute atomic E-state index is 0.00302. The van der Waals surface area contributed by atoms with Crippen LogP contribution in [0.5, 0.6) is 0 Å². The van der Waals surface area contributed by atoms with Gasteiger partial charge in [0, 0.05) is 23.9 Å². The minimum Gasteiger partial charge on any atom is -0.381 e. The Morgan fingerprint density at radius 1 is 1.24 bits per heavy atom. The van der Waals surface area contributed by atoms with Gasteiger partial charge in [-0.2, -0.15) is 5.10 Å². The molecule has 1 fully saturated rings. The second-order valence-electron chi connectivity index (χ2n) is 6.54. The van der Waals surface area contributed by atoms with Gasteiger partial charge >= 0.3 is 0 Å². The Kier molecular flexibility index (Phi) is 4.36. The highest BCUT2D eigenvalue weighted by Gasteiger charge is 2.20. The molecular weight excluding hydrogens is 338 g/mol. The van der Waals surface area contributed by atoms with Crippen molar-refractivity contribution in [3.8, 4) is 0 Å². The predicted octanol–water partition coefficient (Wildman–Crippen LogP) is 3.56. The van der Waals surface area contributed by atoms with Gasteiger partial charge in [0.15, 0.2) is 0 Å². The van der Waals surface area contributed by atoms with Crippen LogP contribution < -0.4 is 5.56 Å². The zero-order chi connectivity index (χ0) is 17.4. The SMILES string of the molecule is Cc1cc2c(cnn2C2CCOCC2)c(=O)n1Cc1ccc(Cl)cc1. The molecule has 4 rings (SSSR count). The van der Waals surface area contributed by atoms with E-state index in [1.807, 2.05) is 35.9 Å². The highest BCUT2D eigenvalue weighted by molar-refractivity contribution is 6.30. The Balaban J connectivity index is 1.74. The molecule has 1 saturated heterocycles. The molecule has 6 heteroatoms. The standard InChI is InChI=1S/C19H20ClN3O2/c1-13-10-18-17(11-21-23(18)16-6-8-25-9-7-16)19(24)22(13)12-14-2-4-15(20)5-3-14/h2-5,10-11,16H,6-9,12H2,1H3. The maximum atomic E-state index is 13.0. The largest absolute Gasteiger partial charge is 0.381 e. The van der Waals surface area contributed by atoms with Crippen LogP contribution in [0.3, 0.4) is 0 Å². The van der Waals surface area contributed by atoms with E-state index in [0.717, 1.165) is 42.8 Å². The number of aromatic nitrogens is 3. The number of halogens is 1. The third-order valence-corrected chi connectivity index (χ3v) is 5.12. The molecular formula is C19H20ClN3O2. The van der Waals surface area contributed by atoms with Gasteiger partial charge in [-0.1, -0.05) is 23.7 Å². The fourth-order valence-corrected chi connectivity index (χ4v) is 3.58. The Morgan fingerprint density at radius 3 is 2.68 bits per heavy atom. The Morgan fingerprint density at radius 2 is 1.96 bits per heavy atom. The van der Waals surface area contributed by atoms with Crippen LogP contribution in [0.15, 0.2) is 41.3 Å². The molecule has 3 heterocycles. The van der Waals surface area contributed by atoms with E-state index in [1.165, 1.54) is 0 Å². The zero-order valence-electron chi connectivity index (χ0n) is 14.1. The molecule has 0 aliphatic carbocycles. The minimum atomic E-state index is 0.00302. The summed E-state index contributed by atoms with van der Waals surface area (Å²) < 4.78 is 9.23. The van der Waals surface area contributed by atoms with Crippen molar-refractivity contribution in [3.63, 3.8) is 0 Å². The molecule has 0 radical (unpaired) electrons. The molecule has 0 bridgehead atoms. The summed E-state index contributed by atoms with van der Waals surface area (Å²) >= 11 is 5.94. The smallest absolute Gasteiger partial charge is 0.262 e. The van der Waals surface area contributed by atoms with E-state index in [1.54, 1.807) is 10.8 Å². The van der Waals surface area contributed by atoms with Gasteiger partial charge in [0.2, 0.25) is 0 Å². The molecule has 130 valence electrons. The molecule has 5 nitrogen and oxygen atoms in total. The van der Waals surface area contributed by atoms with Crippen molar-refractivity contribution < 1.29 is 4.74 Å². The highest BCUT2D eigenvalue weighted by Crippen LogP contribution is 2.24. The van der Waals surface area contributed by atoms with Crippen molar-refractivity contribution in [3.05, 3.63) is 63.2 Å². The molecule has 25 heavy (non-hydrogen) atoms.